The number of carbonyl (C=O) groups is 2. The van der Waals surface area contributed by atoms with Gasteiger partial charge in [0.25, 0.3) is 5.91 Å². The van der Waals surface area contributed by atoms with E-state index in [0.717, 1.165) is 23.8 Å². The van der Waals surface area contributed by atoms with Gasteiger partial charge >= 0.3 is 12.1 Å². The van der Waals surface area contributed by atoms with Gasteiger partial charge in [0.2, 0.25) is 0 Å². The van der Waals surface area contributed by atoms with Crippen molar-refractivity contribution in [2.45, 2.75) is 25.6 Å². The number of halogens is 3. The molecule has 0 fully saturated rings. The monoisotopic (exact) mass is 391 g/mol. The minimum atomic E-state index is -4.41. The number of hydrogen-bond donors (Lipinski definition) is 1. The normalized spacial score (nSPS) is 12.6. The van der Waals surface area contributed by atoms with Gasteiger partial charge in [-0.2, -0.15) is 13.2 Å². The lowest BCUT2D eigenvalue weighted by Crippen LogP contribution is -2.36. The Labute approximate surface area is 161 Å². The lowest BCUT2D eigenvalue weighted by atomic mass is 10.1. The summed E-state index contributed by atoms with van der Waals surface area (Å²) in [7, 11) is 0. The molecule has 1 unspecified atom stereocenters. The summed E-state index contributed by atoms with van der Waals surface area (Å²) in [5.41, 5.74) is 0.713. The molecule has 148 valence electrons. The van der Waals surface area contributed by atoms with Crippen molar-refractivity contribution in [3.8, 4) is 0 Å². The molecule has 2 aromatic carbocycles. The molecule has 2 rings (SSSR count). The van der Waals surface area contributed by atoms with Gasteiger partial charge in [0.1, 0.15) is 0 Å². The number of amides is 1. The Balaban J connectivity index is 1.78. The summed E-state index contributed by atoms with van der Waals surface area (Å²) in [4.78, 5) is 23.7. The molecule has 0 bridgehead atoms. The summed E-state index contributed by atoms with van der Waals surface area (Å²) in [6.07, 6.45) is -2.36. The van der Waals surface area contributed by atoms with Crippen molar-refractivity contribution in [3.05, 3.63) is 77.4 Å². The predicted octanol–water partition coefficient (Wildman–Crippen LogP) is 4.01. The van der Waals surface area contributed by atoms with Crippen molar-refractivity contribution in [3.63, 3.8) is 0 Å². The molecular weight excluding hydrogens is 371 g/mol. The Hall–Kier alpha value is -3.09. The lowest BCUT2D eigenvalue weighted by Gasteiger charge is -2.12. The zero-order chi connectivity index (χ0) is 20.6. The first-order valence-electron chi connectivity index (χ1n) is 8.63. The van der Waals surface area contributed by atoms with Crippen LogP contribution in [0.5, 0.6) is 0 Å². The van der Waals surface area contributed by atoms with Crippen LogP contribution in [0.2, 0.25) is 0 Å². The first-order chi connectivity index (χ1) is 13.3. The van der Waals surface area contributed by atoms with E-state index in [9.17, 15) is 22.8 Å². The quantitative estimate of drug-likeness (QED) is 0.573. The Morgan fingerprint density at radius 1 is 1.07 bits per heavy atom. The van der Waals surface area contributed by atoms with Gasteiger partial charge in [-0.25, -0.2) is 4.79 Å². The van der Waals surface area contributed by atoms with Crippen molar-refractivity contribution in [1.82, 2.24) is 5.32 Å². The van der Waals surface area contributed by atoms with Crippen LogP contribution in [0.25, 0.3) is 6.08 Å². The number of rotatable bonds is 7. The molecule has 4 nitrogen and oxygen atoms in total. The van der Waals surface area contributed by atoms with Crippen molar-refractivity contribution in [2.75, 3.05) is 6.54 Å². The molecule has 0 radical (unpaired) electrons. The number of ether oxygens (including phenoxy) is 1. The molecular formula is C21H20F3NO3. The number of benzene rings is 2. The highest BCUT2D eigenvalue weighted by Gasteiger charge is 2.29. The van der Waals surface area contributed by atoms with Crippen molar-refractivity contribution >= 4 is 18.0 Å². The van der Waals surface area contributed by atoms with Crippen molar-refractivity contribution < 1.29 is 27.5 Å². The van der Waals surface area contributed by atoms with Crippen LogP contribution >= 0.6 is 0 Å². The average Bonchev–Trinajstić information content (AvgIpc) is 2.66. The highest BCUT2D eigenvalue weighted by molar-refractivity contribution is 5.90. The predicted molar refractivity (Wildman–Crippen MR) is 99.2 cm³/mol. The number of alkyl halides is 3. The van der Waals surface area contributed by atoms with Crippen LogP contribution in [-0.4, -0.2) is 24.5 Å². The van der Waals surface area contributed by atoms with Crippen LogP contribution in [0.1, 0.15) is 23.6 Å². The molecule has 7 heteroatoms. The highest BCUT2D eigenvalue weighted by atomic mass is 19.4. The molecule has 0 saturated carbocycles. The van der Waals surface area contributed by atoms with E-state index in [0.29, 0.717) is 18.5 Å². The van der Waals surface area contributed by atoms with Crippen LogP contribution in [-0.2, 0) is 26.9 Å². The molecule has 0 aliphatic heterocycles. The molecule has 28 heavy (non-hydrogen) atoms. The summed E-state index contributed by atoms with van der Waals surface area (Å²) in [6.45, 7) is 1.86. The third-order valence-electron chi connectivity index (χ3n) is 3.87. The van der Waals surface area contributed by atoms with E-state index < -0.39 is 29.7 Å². The second-order valence-electron chi connectivity index (χ2n) is 6.06. The zero-order valence-electron chi connectivity index (χ0n) is 15.2. The summed E-state index contributed by atoms with van der Waals surface area (Å²) in [5, 5.41) is 2.68. The molecule has 0 aliphatic carbocycles. The van der Waals surface area contributed by atoms with Crippen LogP contribution < -0.4 is 5.32 Å². The first kappa shape index (κ1) is 21.2. The molecule has 2 aromatic rings. The lowest BCUT2D eigenvalue weighted by molar-refractivity contribution is -0.150. The minimum absolute atomic E-state index is 0.407. The van der Waals surface area contributed by atoms with Crippen LogP contribution in [0, 0.1) is 0 Å². The van der Waals surface area contributed by atoms with Crippen molar-refractivity contribution in [1.29, 1.82) is 0 Å². The second kappa shape index (κ2) is 9.73. The van der Waals surface area contributed by atoms with E-state index in [1.807, 2.05) is 30.3 Å². The highest BCUT2D eigenvalue weighted by Crippen LogP contribution is 2.29. The fourth-order valence-corrected chi connectivity index (χ4v) is 2.33. The van der Waals surface area contributed by atoms with Crippen LogP contribution in [0.4, 0.5) is 13.2 Å². The minimum Gasteiger partial charge on any atom is -0.449 e. The van der Waals surface area contributed by atoms with Gasteiger partial charge in [-0.1, -0.05) is 42.5 Å². The molecule has 0 aromatic heterocycles. The second-order valence-corrected chi connectivity index (χ2v) is 6.06. The van der Waals surface area contributed by atoms with Gasteiger partial charge in [-0.05, 0) is 42.7 Å². The van der Waals surface area contributed by atoms with Gasteiger partial charge in [0.05, 0.1) is 5.56 Å². The van der Waals surface area contributed by atoms with Crippen LogP contribution in [0.15, 0.2) is 60.7 Å². The third-order valence-corrected chi connectivity index (χ3v) is 3.87. The number of esters is 1. The fourth-order valence-electron chi connectivity index (χ4n) is 2.33. The maximum Gasteiger partial charge on any atom is 0.416 e. The molecule has 0 aliphatic rings. The topological polar surface area (TPSA) is 55.4 Å². The maximum absolute atomic E-state index is 12.5. The number of nitrogens with one attached hydrogen (secondary N) is 1. The smallest absolute Gasteiger partial charge is 0.416 e. The molecule has 1 amide bonds. The average molecular weight is 391 g/mol. The van der Waals surface area contributed by atoms with Crippen LogP contribution in [0.3, 0.4) is 0 Å². The largest absolute Gasteiger partial charge is 0.449 e. The van der Waals surface area contributed by atoms with E-state index in [4.69, 9.17) is 4.74 Å². The molecule has 0 spiro atoms. The third kappa shape index (κ3) is 6.90. The number of hydrogen-bond acceptors (Lipinski definition) is 3. The molecule has 0 heterocycles. The summed E-state index contributed by atoms with van der Waals surface area (Å²) >= 11 is 0. The molecule has 0 saturated heterocycles. The zero-order valence-corrected chi connectivity index (χ0v) is 15.2. The van der Waals surface area contributed by atoms with Gasteiger partial charge in [-0.15, -0.1) is 0 Å². The SMILES string of the molecule is CC(OC(=O)/C=C/c1ccc(C(F)(F)F)cc1)C(=O)NCCc1ccccc1. The van der Waals surface area contributed by atoms with E-state index in [1.54, 1.807) is 0 Å². The summed E-state index contributed by atoms with van der Waals surface area (Å²) in [5.74, 6) is -1.18. The van der Waals surface area contributed by atoms with Crippen molar-refractivity contribution in [2.24, 2.45) is 0 Å². The van der Waals surface area contributed by atoms with E-state index in [1.165, 1.54) is 25.1 Å². The van der Waals surface area contributed by atoms with E-state index >= 15 is 0 Å². The van der Waals surface area contributed by atoms with Gasteiger partial charge in [-0.3, -0.25) is 4.79 Å². The Morgan fingerprint density at radius 2 is 1.71 bits per heavy atom. The summed E-state index contributed by atoms with van der Waals surface area (Å²) in [6, 6.07) is 13.9. The molecule has 1 atom stereocenters. The maximum atomic E-state index is 12.5. The van der Waals surface area contributed by atoms with Gasteiger partial charge < -0.3 is 10.1 Å². The van der Waals surface area contributed by atoms with Gasteiger partial charge in [0.15, 0.2) is 6.10 Å². The standard InChI is InChI=1S/C21H20F3NO3/c1-15(20(27)25-14-13-16-5-3-2-4-6-16)28-19(26)12-9-17-7-10-18(11-8-17)21(22,23)24/h2-12,15H,13-14H2,1H3,(H,25,27)/b12-9+. The Morgan fingerprint density at radius 3 is 2.32 bits per heavy atom. The molecule has 1 N–H and O–H groups in total. The Kier molecular flexibility index (Phi) is 7.37. The van der Waals surface area contributed by atoms with E-state index in [-0.39, 0.29) is 0 Å². The first-order valence-corrected chi connectivity index (χ1v) is 8.63. The van der Waals surface area contributed by atoms with Gasteiger partial charge in [0, 0.05) is 12.6 Å². The number of carbonyl (C=O) groups excluding carboxylic acids is 2. The Bertz CT molecular complexity index is 815. The fraction of sp³-hybridized carbons (Fsp3) is 0.238. The summed E-state index contributed by atoms with van der Waals surface area (Å²) < 4.78 is 42.5. The van der Waals surface area contributed by atoms with E-state index in [2.05, 4.69) is 5.32 Å².